The number of unbranched alkanes of at least 4 members (excludes halogenated alkanes) is 1. The van der Waals surface area contributed by atoms with Crippen molar-refractivity contribution in [3.05, 3.63) is 11.4 Å². The van der Waals surface area contributed by atoms with Gasteiger partial charge >= 0.3 is 0 Å². The Labute approximate surface area is 126 Å². The summed E-state index contributed by atoms with van der Waals surface area (Å²) in [5.41, 5.74) is 6.16. The summed E-state index contributed by atoms with van der Waals surface area (Å²) in [4.78, 5) is 19.8. The molecule has 0 unspecified atom stereocenters. The first-order valence-electron chi connectivity index (χ1n) is 7.72. The zero-order valence-corrected chi connectivity index (χ0v) is 13.3. The largest absolute Gasteiger partial charge is 0.370 e. The van der Waals surface area contributed by atoms with Crippen molar-refractivity contribution in [1.82, 2.24) is 9.97 Å². The van der Waals surface area contributed by atoms with Crippen LogP contribution < -0.4 is 16.4 Å². The van der Waals surface area contributed by atoms with E-state index in [4.69, 9.17) is 5.73 Å². The van der Waals surface area contributed by atoms with E-state index < -0.39 is 0 Å². The number of nitrogens with zero attached hydrogens (tertiary/aromatic N) is 2. The first kappa shape index (κ1) is 17.2. The van der Waals surface area contributed by atoms with Gasteiger partial charge in [-0.3, -0.25) is 4.79 Å². The van der Waals surface area contributed by atoms with Crippen LogP contribution in [0.4, 0.5) is 11.6 Å². The van der Waals surface area contributed by atoms with E-state index in [0.29, 0.717) is 6.42 Å². The number of nitrogens with one attached hydrogen (secondary N) is 2. The molecule has 0 atom stereocenters. The molecule has 6 nitrogen and oxygen atoms in total. The lowest BCUT2D eigenvalue weighted by Crippen LogP contribution is -2.13. The molecule has 0 aromatic carbocycles. The number of primary amides is 1. The Bertz CT molecular complexity index is 462. The Morgan fingerprint density at radius 3 is 2.38 bits per heavy atom. The van der Waals surface area contributed by atoms with Crippen LogP contribution >= 0.6 is 0 Å². The van der Waals surface area contributed by atoms with Gasteiger partial charge in [0.1, 0.15) is 17.5 Å². The Morgan fingerprint density at radius 2 is 1.81 bits per heavy atom. The molecular weight excluding hydrogens is 266 g/mol. The third-order valence-corrected chi connectivity index (χ3v) is 3.15. The normalized spacial score (nSPS) is 10.4. The molecule has 0 aliphatic heterocycles. The highest BCUT2D eigenvalue weighted by Gasteiger charge is 2.09. The van der Waals surface area contributed by atoms with Crippen LogP contribution in [0.3, 0.4) is 0 Å². The average Bonchev–Trinajstić information content (AvgIpc) is 2.43. The maximum Gasteiger partial charge on any atom is 0.217 e. The van der Waals surface area contributed by atoms with Crippen LogP contribution in [0.1, 0.15) is 50.9 Å². The zero-order valence-electron chi connectivity index (χ0n) is 13.3. The van der Waals surface area contributed by atoms with E-state index in [1.54, 1.807) is 0 Å². The first-order chi connectivity index (χ1) is 10.1. The highest BCUT2D eigenvalue weighted by atomic mass is 16.1. The topological polar surface area (TPSA) is 92.9 Å². The van der Waals surface area contributed by atoms with Crippen LogP contribution in [0.5, 0.6) is 0 Å². The van der Waals surface area contributed by atoms with E-state index in [1.807, 2.05) is 6.92 Å². The van der Waals surface area contributed by atoms with Gasteiger partial charge in [0.05, 0.1) is 0 Å². The first-order valence-corrected chi connectivity index (χ1v) is 7.72. The van der Waals surface area contributed by atoms with Gasteiger partial charge in [0, 0.05) is 31.5 Å². The number of carbonyl (C=O) groups excluding carboxylic acids is 1. The van der Waals surface area contributed by atoms with Gasteiger partial charge in [-0.05, 0) is 33.1 Å². The Morgan fingerprint density at radius 1 is 1.14 bits per heavy atom. The number of hydrogen-bond donors (Lipinski definition) is 3. The summed E-state index contributed by atoms with van der Waals surface area (Å²) in [6, 6.07) is 0. The van der Waals surface area contributed by atoms with Gasteiger partial charge in [-0.2, -0.15) is 0 Å². The second-order valence-electron chi connectivity index (χ2n) is 5.09. The highest BCUT2D eigenvalue weighted by Crippen LogP contribution is 2.20. The SMILES string of the molecule is CCCc1nc(NCC)c(C)c(NCCCCC(N)=O)n1. The van der Waals surface area contributed by atoms with Crippen molar-refractivity contribution in [3.63, 3.8) is 0 Å². The van der Waals surface area contributed by atoms with Crippen molar-refractivity contribution >= 4 is 17.5 Å². The molecule has 0 spiro atoms. The number of anilines is 2. The lowest BCUT2D eigenvalue weighted by Gasteiger charge is -2.14. The molecular formula is C15H27N5O. The van der Waals surface area contributed by atoms with E-state index in [0.717, 1.165) is 61.8 Å². The number of nitrogens with two attached hydrogens (primary N) is 1. The Hall–Kier alpha value is -1.85. The minimum atomic E-state index is -0.243. The quantitative estimate of drug-likeness (QED) is 0.575. The van der Waals surface area contributed by atoms with Crippen LogP contribution in [0.15, 0.2) is 0 Å². The molecule has 0 saturated heterocycles. The predicted molar refractivity (Wildman–Crippen MR) is 86.5 cm³/mol. The van der Waals surface area contributed by atoms with Gasteiger partial charge in [0.2, 0.25) is 5.91 Å². The van der Waals surface area contributed by atoms with Crippen molar-refractivity contribution < 1.29 is 4.79 Å². The molecule has 21 heavy (non-hydrogen) atoms. The lowest BCUT2D eigenvalue weighted by atomic mass is 10.2. The molecule has 0 aliphatic rings. The molecule has 4 N–H and O–H groups in total. The van der Waals surface area contributed by atoms with Gasteiger partial charge < -0.3 is 16.4 Å². The molecule has 0 aliphatic carbocycles. The summed E-state index contributed by atoms with van der Waals surface area (Å²) in [6.07, 6.45) is 4.02. The average molecular weight is 293 g/mol. The number of aromatic nitrogens is 2. The summed E-state index contributed by atoms with van der Waals surface area (Å²) in [5, 5.41) is 6.62. The standard InChI is InChI=1S/C15H27N5O/c1-4-8-13-19-14(17-5-2)11(3)15(20-13)18-10-7-6-9-12(16)21/h4-10H2,1-3H3,(H2,16,21)(H2,17,18,19,20). The van der Waals surface area contributed by atoms with Crippen molar-refractivity contribution in [2.24, 2.45) is 5.73 Å². The lowest BCUT2D eigenvalue weighted by molar-refractivity contribution is -0.118. The van der Waals surface area contributed by atoms with Crippen LogP contribution in [-0.2, 0) is 11.2 Å². The highest BCUT2D eigenvalue weighted by molar-refractivity contribution is 5.73. The molecule has 0 saturated carbocycles. The van der Waals surface area contributed by atoms with E-state index >= 15 is 0 Å². The van der Waals surface area contributed by atoms with Crippen LogP contribution in [0, 0.1) is 6.92 Å². The van der Waals surface area contributed by atoms with Gasteiger partial charge in [-0.25, -0.2) is 9.97 Å². The van der Waals surface area contributed by atoms with Crippen molar-refractivity contribution in [2.45, 2.75) is 52.9 Å². The van der Waals surface area contributed by atoms with Crippen molar-refractivity contribution in [1.29, 1.82) is 0 Å². The Kier molecular flexibility index (Phi) is 7.50. The predicted octanol–water partition coefficient (Wildman–Crippen LogP) is 2.24. The molecule has 1 amide bonds. The van der Waals surface area contributed by atoms with E-state index in [-0.39, 0.29) is 5.91 Å². The second-order valence-corrected chi connectivity index (χ2v) is 5.09. The number of amides is 1. The van der Waals surface area contributed by atoms with Crippen LogP contribution in [0.25, 0.3) is 0 Å². The summed E-state index contributed by atoms with van der Waals surface area (Å²) < 4.78 is 0. The summed E-state index contributed by atoms with van der Waals surface area (Å²) in [6.45, 7) is 7.80. The van der Waals surface area contributed by atoms with E-state index in [9.17, 15) is 4.79 Å². The molecule has 0 fully saturated rings. The fraction of sp³-hybridized carbons (Fsp3) is 0.667. The molecule has 1 aromatic rings. The maximum absolute atomic E-state index is 10.7. The molecule has 1 aromatic heterocycles. The fourth-order valence-corrected chi connectivity index (χ4v) is 2.04. The summed E-state index contributed by atoms with van der Waals surface area (Å²) in [7, 11) is 0. The smallest absolute Gasteiger partial charge is 0.217 e. The number of aryl methyl sites for hydroxylation is 1. The zero-order chi connectivity index (χ0) is 15.7. The fourth-order valence-electron chi connectivity index (χ4n) is 2.04. The molecule has 0 bridgehead atoms. The molecule has 0 radical (unpaired) electrons. The minimum absolute atomic E-state index is 0.243. The number of carbonyl (C=O) groups is 1. The second kappa shape index (κ2) is 9.15. The van der Waals surface area contributed by atoms with Gasteiger partial charge in [0.15, 0.2) is 0 Å². The Balaban J connectivity index is 2.67. The van der Waals surface area contributed by atoms with Crippen LogP contribution in [-0.4, -0.2) is 29.0 Å². The van der Waals surface area contributed by atoms with Gasteiger partial charge in [-0.15, -0.1) is 0 Å². The summed E-state index contributed by atoms with van der Waals surface area (Å²) >= 11 is 0. The van der Waals surface area contributed by atoms with E-state index in [1.165, 1.54) is 0 Å². The third-order valence-electron chi connectivity index (χ3n) is 3.15. The van der Waals surface area contributed by atoms with Crippen molar-refractivity contribution in [3.8, 4) is 0 Å². The van der Waals surface area contributed by atoms with Crippen LogP contribution in [0.2, 0.25) is 0 Å². The van der Waals surface area contributed by atoms with Crippen molar-refractivity contribution in [2.75, 3.05) is 23.7 Å². The number of rotatable bonds is 10. The molecule has 1 rings (SSSR count). The van der Waals surface area contributed by atoms with E-state index in [2.05, 4.69) is 34.4 Å². The monoisotopic (exact) mass is 293 g/mol. The number of hydrogen-bond acceptors (Lipinski definition) is 5. The molecule has 118 valence electrons. The third kappa shape index (κ3) is 5.97. The maximum atomic E-state index is 10.7. The summed E-state index contributed by atoms with van der Waals surface area (Å²) in [5.74, 6) is 2.39. The van der Waals surface area contributed by atoms with Gasteiger partial charge in [0.25, 0.3) is 0 Å². The van der Waals surface area contributed by atoms with Gasteiger partial charge in [-0.1, -0.05) is 6.92 Å². The molecule has 1 heterocycles. The molecule has 6 heteroatoms. The minimum Gasteiger partial charge on any atom is -0.370 e.